The lowest BCUT2D eigenvalue weighted by atomic mass is 10.1. The summed E-state index contributed by atoms with van der Waals surface area (Å²) in [5.74, 6) is 0.765. The van der Waals surface area contributed by atoms with Crippen molar-refractivity contribution in [2.75, 3.05) is 19.8 Å². The lowest BCUT2D eigenvalue weighted by molar-refractivity contribution is 0.269. The van der Waals surface area contributed by atoms with Crippen LogP contribution in [0.3, 0.4) is 0 Å². The number of hydrogen-bond donors (Lipinski definition) is 1. The molecule has 0 fully saturated rings. The van der Waals surface area contributed by atoms with E-state index in [1.807, 2.05) is 19.1 Å². The highest BCUT2D eigenvalue weighted by atomic mass is 79.9. The zero-order valence-corrected chi connectivity index (χ0v) is 10.3. The largest absolute Gasteiger partial charge is 0.490 e. The average Bonchev–Trinajstić information content (AvgIpc) is 2.17. The Bertz CT molecular complexity index is 331. The zero-order chi connectivity index (χ0) is 11.3. The third-order valence-electron chi connectivity index (χ3n) is 2.05. The maximum Gasteiger partial charge on any atom is 0.125 e. The molecular formula is C11H15BrFNO. The number of halogens is 2. The molecule has 4 heteroatoms. The van der Waals surface area contributed by atoms with E-state index in [-0.39, 0.29) is 6.61 Å². The van der Waals surface area contributed by atoms with E-state index in [9.17, 15) is 4.39 Å². The summed E-state index contributed by atoms with van der Waals surface area (Å²) in [5.41, 5.74) is 7.54. The van der Waals surface area contributed by atoms with Gasteiger partial charge in [-0.05, 0) is 43.1 Å². The highest BCUT2D eigenvalue weighted by molar-refractivity contribution is 9.10. The predicted molar refractivity (Wildman–Crippen MR) is 63.1 cm³/mol. The summed E-state index contributed by atoms with van der Waals surface area (Å²) in [6.45, 7) is 2.12. The second-order valence-electron chi connectivity index (χ2n) is 3.29. The molecule has 1 rings (SSSR count). The third kappa shape index (κ3) is 3.47. The van der Waals surface area contributed by atoms with Crippen molar-refractivity contribution in [1.29, 1.82) is 0 Å². The van der Waals surface area contributed by atoms with E-state index in [0.29, 0.717) is 6.54 Å². The Hall–Kier alpha value is -0.610. The molecule has 0 saturated heterocycles. The second-order valence-corrected chi connectivity index (χ2v) is 4.20. The molecule has 0 spiro atoms. The molecule has 0 aliphatic carbocycles. The molecule has 0 saturated carbocycles. The number of alkyl halides is 1. The van der Waals surface area contributed by atoms with Crippen molar-refractivity contribution in [2.24, 2.45) is 5.73 Å². The molecule has 0 bridgehead atoms. The van der Waals surface area contributed by atoms with Gasteiger partial charge in [0.1, 0.15) is 19.0 Å². The van der Waals surface area contributed by atoms with E-state index >= 15 is 0 Å². The van der Waals surface area contributed by atoms with E-state index in [1.54, 1.807) is 0 Å². The van der Waals surface area contributed by atoms with Gasteiger partial charge >= 0.3 is 0 Å². The number of aryl methyl sites for hydroxylation is 1. The van der Waals surface area contributed by atoms with Gasteiger partial charge in [0.15, 0.2) is 0 Å². The first-order valence-electron chi connectivity index (χ1n) is 4.87. The number of benzene rings is 1. The fourth-order valence-electron chi connectivity index (χ4n) is 1.49. The van der Waals surface area contributed by atoms with Crippen LogP contribution in [-0.4, -0.2) is 19.8 Å². The highest BCUT2D eigenvalue weighted by Crippen LogP contribution is 2.28. The van der Waals surface area contributed by atoms with Gasteiger partial charge < -0.3 is 10.5 Å². The molecule has 0 radical (unpaired) electrons. The highest BCUT2D eigenvalue weighted by Gasteiger charge is 2.08. The number of hydrogen-bond acceptors (Lipinski definition) is 2. The van der Waals surface area contributed by atoms with Crippen LogP contribution in [-0.2, 0) is 6.42 Å². The lowest BCUT2D eigenvalue weighted by Crippen LogP contribution is -2.08. The normalized spacial score (nSPS) is 10.4. The molecule has 0 heterocycles. The molecule has 0 aliphatic rings. The van der Waals surface area contributed by atoms with Gasteiger partial charge in [-0.3, -0.25) is 0 Å². The van der Waals surface area contributed by atoms with Gasteiger partial charge in [0.05, 0.1) is 0 Å². The Kier molecular flexibility index (Phi) is 5.05. The van der Waals surface area contributed by atoms with E-state index in [2.05, 4.69) is 15.9 Å². The van der Waals surface area contributed by atoms with Gasteiger partial charge in [-0.25, -0.2) is 4.39 Å². The Morgan fingerprint density at radius 3 is 2.80 bits per heavy atom. The first-order chi connectivity index (χ1) is 7.19. The standard InChI is InChI=1S/C11H15BrFNO/c1-8-6-10(12)7-9(2-4-14)11(8)15-5-3-13/h6-7H,2-5,14H2,1H3. The van der Waals surface area contributed by atoms with Crippen molar-refractivity contribution in [2.45, 2.75) is 13.3 Å². The van der Waals surface area contributed by atoms with Crippen LogP contribution in [0.15, 0.2) is 16.6 Å². The van der Waals surface area contributed by atoms with Gasteiger partial charge in [0.25, 0.3) is 0 Å². The number of ether oxygens (including phenoxy) is 1. The van der Waals surface area contributed by atoms with Crippen LogP contribution in [0, 0.1) is 6.92 Å². The molecule has 0 amide bonds. The molecule has 1 aromatic rings. The van der Waals surface area contributed by atoms with Crippen LogP contribution in [0.4, 0.5) is 4.39 Å². The predicted octanol–water partition coefficient (Wildman–Crippen LogP) is 2.61. The van der Waals surface area contributed by atoms with Gasteiger partial charge in [-0.1, -0.05) is 15.9 Å². The fraction of sp³-hybridized carbons (Fsp3) is 0.455. The molecule has 0 atom stereocenters. The molecule has 84 valence electrons. The van der Waals surface area contributed by atoms with Crippen LogP contribution < -0.4 is 10.5 Å². The minimum absolute atomic E-state index is 0.0973. The molecule has 1 aromatic carbocycles. The Balaban J connectivity index is 2.97. The summed E-state index contributed by atoms with van der Waals surface area (Å²) >= 11 is 3.41. The van der Waals surface area contributed by atoms with Crippen LogP contribution in [0.2, 0.25) is 0 Å². The smallest absolute Gasteiger partial charge is 0.125 e. The van der Waals surface area contributed by atoms with Crippen LogP contribution >= 0.6 is 15.9 Å². The minimum Gasteiger partial charge on any atom is -0.490 e. The molecule has 2 N–H and O–H groups in total. The Morgan fingerprint density at radius 1 is 1.47 bits per heavy atom. The topological polar surface area (TPSA) is 35.2 Å². The van der Waals surface area contributed by atoms with Gasteiger partial charge in [0, 0.05) is 4.47 Å². The molecular weight excluding hydrogens is 261 g/mol. The molecule has 0 aromatic heterocycles. The van der Waals surface area contributed by atoms with Gasteiger partial charge in [0.2, 0.25) is 0 Å². The van der Waals surface area contributed by atoms with Crippen molar-refractivity contribution in [3.05, 3.63) is 27.7 Å². The first-order valence-corrected chi connectivity index (χ1v) is 5.66. The average molecular weight is 276 g/mol. The van der Waals surface area contributed by atoms with Crippen molar-refractivity contribution >= 4 is 15.9 Å². The lowest BCUT2D eigenvalue weighted by Gasteiger charge is -2.13. The summed E-state index contributed by atoms with van der Waals surface area (Å²) in [6, 6.07) is 3.92. The van der Waals surface area contributed by atoms with Gasteiger partial charge in [-0.15, -0.1) is 0 Å². The third-order valence-corrected chi connectivity index (χ3v) is 2.51. The fourth-order valence-corrected chi connectivity index (χ4v) is 2.11. The monoisotopic (exact) mass is 275 g/mol. The molecule has 2 nitrogen and oxygen atoms in total. The maximum atomic E-state index is 12.0. The van der Waals surface area contributed by atoms with Crippen molar-refractivity contribution in [3.8, 4) is 5.75 Å². The molecule has 0 unspecified atom stereocenters. The Morgan fingerprint density at radius 2 is 2.20 bits per heavy atom. The summed E-state index contributed by atoms with van der Waals surface area (Å²) < 4.78 is 18.4. The maximum absolute atomic E-state index is 12.0. The van der Waals surface area contributed by atoms with Crippen molar-refractivity contribution in [1.82, 2.24) is 0 Å². The number of rotatable bonds is 5. The van der Waals surface area contributed by atoms with E-state index < -0.39 is 6.67 Å². The van der Waals surface area contributed by atoms with Crippen molar-refractivity contribution < 1.29 is 9.13 Å². The molecule has 0 aliphatic heterocycles. The minimum atomic E-state index is -0.475. The zero-order valence-electron chi connectivity index (χ0n) is 8.72. The van der Waals surface area contributed by atoms with E-state index in [4.69, 9.17) is 10.5 Å². The van der Waals surface area contributed by atoms with Crippen LogP contribution in [0.1, 0.15) is 11.1 Å². The summed E-state index contributed by atoms with van der Waals surface area (Å²) in [6.07, 6.45) is 0.738. The quantitative estimate of drug-likeness (QED) is 0.897. The van der Waals surface area contributed by atoms with Gasteiger partial charge in [-0.2, -0.15) is 0 Å². The SMILES string of the molecule is Cc1cc(Br)cc(CCN)c1OCCF. The van der Waals surface area contributed by atoms with Crippen molar-refractivity contribution in [3.63, 3.8) is 0 Å². The first kappa shape index (κ1) is 12.5. The van der Waals surface area contributed by atoms with Crippen LogP contribution in [0.25, 0.3) is 0 Å². The summed E-state index contributed by atoms with van der Waals surface area (Å²) in [7, 11) is 0. The van der Waals surface area contributed by atoms with E-state index in [1.165, 1.54) is 0 Å². The number of nitrogens with two attached hydrogens (primary N) is 1. The Labute approximate surface area is 97.7 Å². The summed E-state index contributed by atoms with van der Waals surface area (Å²) in [5, 5.41) is 0. The van der Waals surface area contributed by atoms with E-state index in [0.717, 1.165) is 27.8 Å². The second kappa shape index (κ2) is 6.08. The summed E-state index contributed by atoms with van der Waals surface area (Å²) in [4.78, 5) is 0. The molecule has 15 heavy (non-hydrogen) atoms. The van der Waals surface area contributed by atoms with Crippen LogP contribution in [0.5, 0.6) is 5.75 Å².